The van der Waals surface area contributed by atoms with E-state index >= 15 is 0 Å². The normalized spacial score (nSPS) is 14.0. The topological polar surface area (TPSA) is 170 Å². The molecule has 0 aliphatic carbocycles. The number of carboxylic acid groups (broad SMARTS) is 1. The molecule has 1 aliphatic heterocycles. The van der Waals surface area contributed by atoms with Crippen LogP contribution in [0.15, 0.2) is 18.2 Å². The molecule has 0 radical (unpaired) electrons. The number of aliphatic carboxylic acids is 1. The fourth-order valence-corrected chi connectivity index (χ4v) is 4.57. The smallest absolute Gasteiger partial charge is 0.309 e. The van der Waals surface area contributed by atoms with Gasteiger partial charge in [0.1, 0.15) is 6.61 Å². The van der Waals surface area contributed by atoms with Crippen LogP contribution in [-0.4, -0.2) is 77.4 Å². The molecule has 42 heavy (non-hydrogen) atoms. The van der Waals surface area contributed by atoms with E-state index in [0.29, 0.717) is 46.0 Å². The Morgan fingerprint density at radius 2 is 1.83 bits per heavy atom. The number of carbonyl (C=O) groups excluding carboxylic acids is 4. The van der Waals surface area contributed by atoms with Gasteiger partial charge in [-0.1, -0.05) is 13.8 Å². The Morgan fingerprint density at radius 3 is 2.50 bits per heavy atom. The van der Waals surface area contributed by atoms with Gasteiger partial charge in [-0.05, 0) is 63.7 Å². The molecular formula is C30H39N5O7. The number of hydrogen-bond donors (Lipinski definition) is 5. The second kappa shape index (κ2) is 14.4. The fraction of sp³-hybridized carbons (Fsp3) is 0.433. The molecule has 0 saturated heterocycles. The minimum absolute atomic E-state index is 0.155. The van der Waals surface area contributed by atoms with Crippen molar-refractivity contribution >= 4 is 52.7 Å². The van der Waals surface area contributed by atoms with E-state index in [9.17, 15) is 24.0 Å². The lowest BCUT2D eigenvalue weighted by molar-refractivity contribution is -0.151. The number of nitrogens with zero attached hydrogens (tertiary/aromatic N) is 1. The van der Waals surface area contributed by atoms with Crippen LogP contribution < -0.4 is 16.0 Å². The molecule has 5 N–H and O–H groups in total. The van der Waals surface area contributed by atoms with Gasteiger partial charge in [-0.2, -0.15) is 0 Å². The van der Waals surface area contributed by atoms with E-state index in [1.165, 1.54) is 6.92 Å². The van der Waals surface area contributed by atoms with E-state index in [4.69, 9.17) is 9.84 Å². The first kappa shape index (κ1) is 32.1. The van der Waals surface area contributed by atoms with Gasteiger partial charge in [0.15, 0.2) is 0 Å². The molecule has 0 fully saturated rings. The van der Waals surface area contributed by atoms with Crippen LogP contribution in [-0.2, 0) is 23.9 Å². The number of aromatic amines is 1. The van der Waals surface area contributed by atoms with Crippen molar-refractivity contribution in [2.24, 2.45) is 5.92 Å². The van der Waals surface area contributed by atoms with Crippen molar-refractivity contribution in [2.75, 3.05) is 43.4 Å². The lowest BCUT2D eigenvalue weighted by Crippen LogP contribution is -2.35. The number of carbonyl (C=O) groups is 5. The zero-order valence-electron chi connectivity index (χ0n) is 24.7. The standard InChI is InChI=1S/C30H39N5O7/c1-6-35(7-2)13-12-31-29(39)27-18(4)24(32-19(27)5)15-22-21-14-20(8-9-23(21)34-28(22)38)33-25(36)10-11-26(37)42-16-17(3)30(40)41/h8-9,14-15,17,32H,6-7,10-13,16H2,1-5H3,(H,31,39)(H,33,36)(H,34,38)(H,40,41)/b22-15-/t17-/m1/s1. The van der Waals surface area contributed by atoms with Crippen LogP contribution in [0.5, 0.6) is 0 Å². The predicted octanol–water partition coefficient (Wildman–Crippen LogP) is 3.18. The summed E-state index contributed by atoms with van der Waals surface area (Å²) in [7, 11) is 0. The second-order valence-electron chi connectivity index (χ2n) is 10.2. The third kappa shape index (κ3) is 8.06. The summed E-state index contributed by atoms with van der Waals surface area (Å²) in [6.45, 7) is 12.0. The maximum atomic E-state index is 13.0. The van der Waals surface area contributed by atoms with Crippen LogP contribution >= 0.6 is 0 Å². The Labute approximate surface area is 244 Å². The summed E-state index contributed by atoms with van der Waals surface area (Å²) in [5.74, 6) is -3.51. The highest BCUT2D eigenvalue weighted by atomic mass is 16.5. The second-order valence-corrected chi connectivity index (χ2v) is 10.2. The number of rotatable bonds is 14. The maximum absolute atomic E-state index is 13.0. The van der Waals surface area contributed by atoms with Gasteiger partial charge in [0.2, 0.25) is 5.91 Å². The number of esters is 1. The summed E-state index contributed by atoms with van der Waals surface area (Å²) in [5.41, 5.74) is 4.54. The Bertz CT molecular complexity index is 1390. The Balaban J connectivity index is 1.69. The zero-order chi connectivity index (χ0) is 31.0. The summed E-state index contributed by atoms with van der Waals surface area (Å²) in [5, 5.41) is 17.4. The SMILES string of the molecule is CCN(CC)CCNC(=O)c1c(C)[nH]c(/C=C2\C(=O)Nc3ccc(NC(=O)CCC(=O)OC[C@@H](C)C(=O)O)cc32)c1C. The molecule has 12 heteroatoms. The molecule has 2 aromatic rings. The highest BCUT2D eigenvalue weighted by Gasteiger charge is 2.26. The highest BCUT2D eigenvalue weighted by Crippen LogP contribution is 2.36. The van der Waals surface area contributed by atoms with Crippen molar-refractivity contribution < 1.29 is 33.8 Å². The largest absolute Gasteiger partial charge is 0.481 e. The number of ether oxygens (including phenoxy) is 1. The minimum Gasteiger partial charge on any atom is -0.481 e. The van der Waals surface area contributed by atoms with Crippen LogP contribution in [0.2, 0.25) is 0 Å². The van der Waals surface area contributed by atoms with Gasteiger partial charge >= 0.3 is 11.9 Å². The number of aromatic nitrogens is 1. The molecule has 1 aromatic heterocycles. The van der Waals surface area contributed by atoms with E-state index in [1.807, 2.05) is 13.8 Å². The number of nitrogens with one attached hydrogen (secondary N) is 4. The summed E-state index contributed by atoms with van der Waals surface area (Å²) >= 11 is 0. The van der Waals surface area contributed by atoms with Crippen molar-refractivity contribution in [3.63, 3.8) is 0 Å². The van der Waals surface area contributed by atoms with E-state index in [1.54, 1.807) is 24.3 Å². The molecule has 0 saturated carbocycles. The van der Waals surface area contributed by atoms with Gasteiger partial charge in [-0.15, -0.1) is 0 Å². The van der Waals surface area contributed by atoms with Gasteiger partial charge in [0, 0.05) is 47.8 Å². The molecule has 0 unspecified atom stereocenters. The Hall–Kier alpha value is -4.45. The van der Waals surface area contributed by atoms with Gasteiger partial charge in [0.25, 0.3) is 11.8 Å². The van der Waals surface area contributed by atoms with Crippen molar-refractivity contribution in [3.8, 4) is 0 Å². The van der Waals surface area contributed by atoms with Crippen molar-refractivity contribution in [3.05, 3.63) is 46.3 Å². The Morgan fingerprint density at radius 1 is 1.12 bits per heavy atom. The van der Waals surface area contributed by atoms with Gasteiger partial charge in [-0.25, -0.2) is 0 Å². The third-order valence-corrected chi connectivity index (χ3v) is 7.16. The van der Waals surface area contributed by atoms with E-state index in [2.05, 4.69) is 39.7 Å². The number of benzene rings is 1. The first-order valence-electron chi connectivity index (χ1n) is 14.0. The van der Waals surface area contributed by atoms with Crippen LogP contribution in [0.4, 0.5) is 11.4 Å². The molecular weight excluding hydrogens is 542 g/mol. The lowest BCUT2D eigenvalue weighted by atomic mass is 10.0. The summed E-state index contributed by atoms with van der Waals surface area (Å²) in [4.78, 5) is 66.4. The molecule has 226 valence electrons. The molecule has 0 bridgehead atoms. The number of carboxylic acids is 1. The zero-order valence-corrected chi connectivity index (χ0v) is 24.7. The van der Waals surface area contributed by atoms with E-state index < -0.39 is 23.8 Å². The predicted molar refractivity (Wildman–Crippen MR) is 159 cm³/mol. The van der Waals surface area contributed by atoms with Crippen molar-refractivity contribution in [2.45, 2.75) is 47.5 Å². The molecule has 2 heterocycles. The third-order valence-electron chi connectivity index (χ3n) is 7.16. The molecule has 1 atom stereocenters. The van der Waals surface area contributed by atoms with Crippen molar-refractivity contribution in [1.82, 2.24) is 15.2 Å². The van der Waals surface area contributed by atoms with E-state index in [0.717, 1.165) is 25.2 Å². The average Bonchev–Trinajstić information content (AvgIpc) is 3.41. The molecule has 3 amide bonds. The van der Waals surface area contributed by atoms with Crippen LogP contribution in [0, 0.1) is 19.8 Å². The van der Waals surface area contributed by atoms with Crippen LogP contribution in [0.3, 0.4) is 0 Å². The number of fused-ring (bicyclic) bond motifs is 1. The minimum atomic E-state index is -1.08. The Kier molecular flexibility index (Phi) is 11.0. The lowest BCUT2D eigenvalue weighted by Gasteiger charge is -2.18. The molecule has 3 rings (SSSR count). The molecule has 12 nitrogen and oxygen atoms in total. The molecule has 0 spiro atoms. The monoisotopic (exact) mass is 581 g/mol. The number of aryl methyl sites for hydroxylation is 1. The maximum Gasteiger partial charge on any atom is 0.309 e. The molecule has 1 aromatic carbocycles. The summed E-state index contributed by atoms with van der Waals surface area (Å²) in [6, 6.07) is 4.97. The quantitative estimate of drug-likeness (QED) is 0.167. The van der Waals surface area contributed by atoms with Crippen molar-refractivity contribution in [1.29, 1.82) is 0 Å². The fourth-order valence-electron chi connectivity index (χ4n) is 4.57. The van der Waals surface area contributed by atoms with E-state index in [-0.39, 0.29) is 31.3 Å². The van der Waals surface area contributed by atoms with Crippen LogP contribution in [0.1, 0.15) is 66.5 Å². The van der Waals surface area contributed by atoms with Gasteiger partial charge < -0.3 is 35.7 Å². The van der Waals surface area contributed by atoms with Gasteiger partial charge in [0.05, 0.1) is 23.5 Å². The highest BCUT2D eigenvalue weighted by molar-refractivity contribution is 6.35. The number of amides is 3. The first-order chi connectivity index (χ1) is 19.9. The summed E-state index contributed by atoms with van der Waals surface area (Å²) in [6.07, 6.45) is 1.33. The molecule has 1 aliphatic rings. The summed E-state index contributed by atoms with van der Waals surface area (Å²) < 4.78 is 4.90. The number of likely N-dealkylation sites (N-methyl/N-ethyl adjacent to an activating group) is 1. The van der Waals surface area contributed by atoms with Crippen LogP contribution in [0.25, 0.3) is 11.6 Å². The average molecular weight is 582 g/mol. The number of H-pyrrole nitrogens is 1. The van der Waals surface area contributed by atoms with Gasteiger partial charge in [-0.3, -0.25) is 24.0 Å². The first-order valence-corrected chi connectivity index (χ1v) is 14.0. The number of anilines is 2. The number of hydrogen-bond acceptors (Lipinski definition) is 7.